The summed E-state index contributed by atoms with van der Waals surface area (Å²) in [5, 5.41) is 10.6. The van der Waals surface area contributed by atoms with E-state index in [9.17, 15) is 19.3 Å². The van der Waals surface area contributed by atoms with Crippen molar-refractivity contribution in [1.29, 1.82) is 0 Å². The molecule has 1 aromatic heterocycles. The van der Waals surface area contributed by atoms with Crippen LogP contribution in [0.15, 0.2) is 36.5 Å². The second-order valence-corrected chi connectivity index (χ2v) is 4.44. The highest BCUT2D eigenvalue weighted by atomic mass is 19.1. The minimum Gasteiger partial charge on any atom is -0.364 e. The zero-order valence-corrected chi connectivity index (χ0v) is 11.4. The minimum atomic E-state index is -0.565. The lowest BCUT2D eigenvalue weighted by Gasteiger charge is -2.21. The van der Waals surface area contributed by atoms with Gasteiger partial charge in [-0.25, -0.2) is 4.39 Å². The molecule has 21 heavy (non-hydrogen) atoms. The Morgan fingerprint density at radius 1 is 1.38 bits per heavy atom. The monoisotopic (exact) mass is 291 g/mol. The summed E-state index contributed by atoms with van der Waals surface area (Å²) in [5.74, 6) is -0.615. The van der Waals surface area contributed by atoms with E-state index in [-0.39, 0.29) is 29.5 Å². The highest BCUT2D eigenvalue weighted by molar-refractivity contribution is 5.98. The van der Waals surface area contributed by atoms with Gasteiger partial charge in [0, 0.05) is 18.3 Å². The molecule has 0 saturated heterocycles. The first kappa shape index (κ1) is 14.7. The van der Waals surface area contributed by atoms with Crippen LogP contribution in [0.3, 0.4) is 0 Å². The van der Waals surface area contributed by atoms with Gasteiger partial charge in [-0.15, -0.1) is 0 Å². The first-order valence-electron chi connectivity index (χ1n) is 6.37. The Morgan fingerprint density at radius 2 is 2.05 bits per heavy atom. The van der Waals surface area contributed by atoms with Crippen LogP contribution in [0.5, 0.6) is 0 Å². The van der Waals surface area contributed by atoms with Crippen molar-refractivity contribution in [2.75, 3.05) is 18.0 Å². The molecule has 0 unspecified atom stereocenters. The number of carbonyl (C=O) groups excluding carboxylic acids is 1. The molecule has 1 N–H and O–H groups in total. The fraction of sp³-hybridized carbons (Fsp3) is 0.214. The number of carbonyl (C=O) groups is 1. The van der Waals surface area contributed by atoms with Crippen molar-refractivity contribution in [3.05, 3.63) is 58.2 Å². The smallest absolute Gasteiger partial charge is 0.287 e. The zero-order valence-electron chi connectivity index (χ0n) is 11.4. The number of nitrogens with one attached hydrogen (secondary N) is 1. The van der Waals surface area contributed by atoms with Crippen molar-refractivity contribution in [3.8, 4) is 0 Å². The molecule has 0 radical (unpaired) electrons. The molecule has 7 heteroatoms. The fourth-order valence-electron chi connectivity index (χ4n) is 1.95. The average molecular weight is 291 g/mol. The molecule has 0 bridgehead atoms. The summed E-state index contributed by atoms with van der Waals surface area (Å²) in [7, 11) is 0. The number of halogens is 1. The topological polar surface area (TPSA) is 79.2 Å². The van der Waals surface area contributed by atoms with E-state index >= 15 is 0 Å². The average Bonchev–Trinajstić information content (AvgIpc) is 2.96. The van der Waals surface area contributed by atoms with Crippen molar-refractivity contribution in [3.63, 3.8) is 0 Å². The molecular formula is C14H14FN3O3. The molecule has 6 nitrogen and oxygen atoms in total. The fourth-order valence-corrected chi connectivity index (χ4v) is 1.95. The molecule has 2 aromatic rings. The lowest BCUT2D eigenvalue weighted by atomic mass is 10.2. The van der Waals surface area contributed by atoms with Crippen LogP contribution in [0.25, 0.3) is 0 Å². The normalized spacial score (nSPS) is 10.4. The molecule has 0 fully saturated rings. The standard InChI is InChI=1S/C14H14FN3O3/c1-2-17(11-5-3-10(15)4-6-11)9-14(19)13-7-12(8-16-13)18(20)21/h3-8,16H,2,9H2,1H3. The quantitative estimate of drug-likeness (QED) is 0.504. The number of rotatable bonds is 6. The van der Waals surface area contributed by atoms with Crippen LogP contribution in [0.1, 0.15) is 17.4 Å². The first-order chi connectivity index (χ1) is 10.0. The van der Waals surface area contributed by atoms with Gasteiger partial charge in [-0.1, -0.05) is 0 Å². The molecule has 2 rings (SSSR count). The largest absolute Gasteiger partial charge is 0.364 e. The Labute approximate surface area is 120 Å². The molecule has 0 aliphatic rings. The SMILES string of the molecule is CCN(CC(=O)c1cc([N+](=O)[O-])c[nH]1)c1ccc(F)cc1. The predicted molar refractivity (Wildman–Crippen MR) is 76.1 cm³/mol. The highest BCUT2D eigenvalue weighted by Gasteiger charge is 2.17. The Balaban J connectivity index is 2.12. The third-order valence-corrected chi connectivity index (χ3v) is 3.09. The number of nitrogens with zero attached hydrogens (tertiary/aromatic N) is 2. The number of likely N-dealkylation sites (N-methyl/N-ethyl adjacent to an activating group) is 1. The van der Waals surface area contributed by atoms with Crippen LogP contribution in [-0.2, 0) is 0 Å². The number of nitro groups is 1. The Kier molecular flexibility index (Phi) is 4.32. The van der Waals surface area contributed by atoms with Gasteiger partial charge >= 0.3 is 0 Å². The van der Waals surface area contributed by atoms with Gasteiger partial charge in [0.25, 0.3) is 5.69 Å². The van der Waals surface area contributed by atoms with Crippen molar-refractivity contribution in [1.82, 2.24) is 4.98 Å². The summed E-state index contributed by atoms with van der Waals surface area (Å²) in [6, 6.07) is 7.03. The van der Waals surface area contributed by atoms with E-state index in [2.05, 4.69) is 4.98 Å². The summed E-state index contributed by atoms with van der Waals surface area (Å²) >= 11 is 0. The number of aromatic amines is 1. The lowest BCUT2D eigenvalue weighted by molar-refractivity contribution is -0.384. The molecule has 0 aliphatic carbocycles. The van der Waals surface area contributed by atoms with Crippen LogP contribution < -0.4 is 4.90 Å². The number of hydrogen-bond donors (Lipinski definition) is 1. The second-order valence-electron chi connectivity index (χ2n) is 4.44. The van der Waals surface area contributed by atoms with Crippen molar-refractivity contribution in [2.24, 2.45) is 0 Å². The van der Waals surface area contributed by atoms with Crippen LogP contribution in [0.4, 0.5) is 15.8 Å². The van der Waals surface area contributed by atoms with E-state index in [1.807, 2.05) is 6.92 Å². The molecule has 110 valence electrons. The van der Waals surface area contributed by atoms with Crippen molar-refractivity contribution < 1.29 is 14.1 Å². The number of H-pyrrole nitrogens is 1. The molecule has 1 heterocycles. The van der Waals surface area contributed by atoms with Gasteiger partial charge in [-0.2, -0.15) is 0 Å². The summed E-state index contributed by atoms with van der Waals surface area (Å²) in [5.41, 5.74) is 0.749. The Hall–Kier alpha value is -2.70. The number of ketones is 1. The van der Waals surface area contributed by atoms with E-state index < -0.39 is 4.92 Å². The van der Waals surface area contributed by atoms with Crippen LogP contribution >= 0.6 is 0 Å². The van der Waals surface area contributed by atoms with E-state index in [1.165, 1.54) is 24.4 Å². The van der Waals surface area contributed by atoms with Crippen LogP contribution in [0.2, 0.25) is 0 Å². The Bertz CT molecular complexity index is 652. The molecule has 0 atom stereocenters. The molecule has 0 aliphatic heterocycles. The summed E-state index contributed by atoms with van der Waals surface area (Å²) in [6.45, 7) is 2.48. The van der Waals surface area contributed by atoms with Gasteiger partial charge in [0.1, 0.15) is 5.82 Å². The number of Topliss-reactive ketones (excluding diaryl/α,β-unsaturated/α-hetero) is 1. The summed E-state index contributed by atoms with van der Waals surface area (Å²) in [4.78, 5) is 26.5. The zero-order chi connectivity index (χ0) is 15.4. The van der Waals surface area contributed by atoms with E-state index in [0.717, 1.165) is 0 Å². The number of anilines is 1. The van der Waals surface area contributed by atoms with Gasteiger partial charge in [-0.3, -0.25) is 14.9 Å². The first-order valence-corrected chi connectivity index (χ1v) is 6.37. The maximum atomic E-state index is 12.9. The highest BCUT2D eigenvalue weighted by Crippen LogP contribution is 2.17. The van der Waals surface area contributed by atoms with Crippen LogP contribution in [-0.4, -0.2) is 28.8 Å². The van der Waals surface area contributed by atoms with Crippen molar-refractivity contribution >= 4 is 17.2 Å². The van der Waals surface area contributed by atoms with E-state index in [4.69, 9.17) is 0 Å². The van der Waals surface area contributed by atoms with Crippen molar-refractivity contribution in [2.45, 2.75) is 6.92 Å². The summed E-state index contributed by atoms with van der Waals surface area (Å²) < 4.78 is 12.9. The lowest BCUT2D eigenvalue weighted by Crippen LogP contribution is -2.29. The molecule has 0 saturated carbocycles. The number of aromatic nitrogens is 1. The third-order valence-electron chi connectivity index (χ3n) is 3.09. The van der Waals surface area contributed by atoms with Gasteiger partial charge in [0.05, 0.1) is 23.4 Å². The predicted octanol–water partition coefficient (Wildman–Crippen LogP) is 2.77. The van der Waals surface area contributed by atoms with Gasteiger partial charge < -0.3 is 9.88 Å². The van der Waals surface area contributed by atoms with Gasteiger partial charge in [-0.05, 0) is 31.2 Å². The molecule has 0 amide bonds. The second kappa shape index (κ2) is 6.17. The number of hydrogen-bond acceptors (Lipinski definition) is 4. The molecular weight excluding hydrogens is 277 g/mol. The summed E-state index contributed by atoms with van der Waals surface area (Å²) in [6.07, 6.45) is 1.18. The van der Waals surface area contributed by atoms with E-state index in [1.54, 1.807) is 17.0 Å². The molecule has 1 aromatic carbocycles. The third kappa shape index (κ3) is 3.44. The molecule has 0 spiro atoms. The van der Waals surface area contributed by atoms with Gasteiger partial charge in [0.15, 0.2) is 5.78 Å². The maximum Gasteiger partial charge on any atom is 0.287 e. The van der Waals surface area contributed by atoms with E-state index in [0.29, 0.717) is 12.2 Å². The minimum absolute atomic E-state index is 0.0554. The number of benzene rings is 1. The van der Waals surface area contributed by atoms with Crippen LogP contribution in [0, 0.1) is 15.9 Å². The van der Waals surface area contributed by atoms with Gasteiger partial charge in [0.2, 0.25) is 0 Å². The maximum absolute atomic E-state index is 12.9. The Morgan fingerprint density at radius 3 is 2.57 bits per heavy atom.